The number of ether oxygens (including phenoxy) is 2. The van der Waals surface area contributed by atoms with Crippen LogP contribution in [0.2, 0.25) is 0 Å². The normalized spacial score (nSPS) is 16.0. The topological polar surface area (TPSA) is 107 Å². The number of esters is 2. The van der Waals surface area contributed by atoms with Gasteiger partial charge < -0.3 is 9.47 Å². The van der Waals surface area contributed by atoms with Gasteiger partial charge >= 0.3 is 118 Å². The van der Waals surface area contributed by atoms with Crippen LogP contribution in [0.4, 0.5) is 0 Å². The second kappa shape index (κ2) is 23.0. The molecule has 2 aliphatic carbocycles. The molecule has 40 heavy (non-hydrogen) atoms. The summed E-state index contributed by atoms with van der Waals surface area (Å²) >= 11 is 0.0833. The maximum atomic E-state index is 12.2. The van der Waals surface area contributed by atoms with E-state index in [1.807, 2.05) is 13.8 Å². The molecule has 10 heteroatoms. The van der Waals surface area contributed by atoms with Crippen LogP contribution in [-0.4, -0.2) is 72.9 Å². The molecule has 3 atom stereocenters. The summed E-state index contributed by atoms with van der Waals surface area (Å²) in [7, 11) is -4.76. The zero-order valence-corrected chi connectivity index (χ0v) is 26.6. The number of allylic oxidation sites excluding steroid dienone is 8. The van der Waals surface area contributed by atoms with Crippen LogP contribution in [0.5, 0.6) is 0 Å². The number of hydrogen-bond donors (Lipinski definition) is 1. The van der Waals surface area contributed by atoms with Crippen LogP contribution >= 0.6 is 0 Å². The fraction of sp³-hybridized carbons (Fsp3) is 0.667. The van der Waals surface area contributed by atoms with Gasteiger partial charge in [0.05, 0.1) is 19.6 Å². The first-order valence-corrected chi connectivity index (χ1v) is 17.5. The molecule has 0 fully saturated rings. The Morgan fingerprint density at radius 3 is 1.73 bits per heavy atom. The molecule has 0 radical (unpaired) electrons. The minimum absolute atomic E-state index is 0. The molecule has 0 aromatic rings. The maximum absolute atomic E-state index is 12.2. The van der Waals surface area contributed by atoms with Crippen molar-refractivity contribution >= 4 is 51.6 Å². The summed E-state index contributed by atoms with van der Waals surface area (Å²) in [6, 6.07) is 0. The van der Waals surface area contributed by atoms with E-state index in [4.69, 9.17) is 9.47 Å². The van der Waals surface area contributed by atoms with Crippen molar-refractivity contribution in [2.75, 3.05) is 13.2 Å². The SMILES string of the molecule is C1=CC[C]([Ti][C]2=CC=CC2)=C1.CCCCC(CC)COC(=O)CC(C(=O)OCC(CC)CCCC)S(=O)(=O)O.[NaH]. The third-order valence-corrected chi connectivity index (χ3v) is 10.1. The van der Waals surface area contributed by atoms with Crippen molar-refractivity contribution in [2.45, 2.75) is 104 Å². The van der Waals surface area contributed by atoms with Crippen molar-refractivity contribution in [1.29, 1.82) is 0 Å². The molecule has 0 bridgehead atoms. The van der Waals surface area contributed by atoms with Crippen molar-refractivity contribution in [1.82, 2.24) is 0 Å². The van der Waals surface area contributed by atoms with Crippen LogP contribution in [0.1, 0.15) is 98.3 Å². The fourth-order valence-electron chi connectivity index (χ4n) is 4.11. The molecule has 3 unspecified atom stereocenters. The molecule has 0 aromatic heterocycles. The predicted octanol–water partition coefficient (Wildman–Crippen LogP) is 6.26. The zero-order chi connectivity index (χ0) is 29.1. The summed E-state index contributed by atoms with van der Waals surface area (Å²) in [5.74, 6) is -1.61. The van der Waals surface area contributed by atoms with Crippen molar-refractivity contribution in [3.8, 4) is 0 Å². The molecule has 0 saturated heterocycles. The van der Waals surface area contributed by atoms with E-state index in [-0.39, 0.29) is 73.8 Å². The summed E-state index contributed by atoms with van der Waals surface area (Å²) in [6.07, 6.45) is 22.6. The Bertz CT molecular complexity index is 945. The fourth-order valence-corrected chi connectivity index (χ4v) is 6.66. The Hall–Kier alpha value is -0.476. The van der Waals surface area contributed by atoms with Gasteiger partial charge in [0.25, 0.3) is 10.1 Å². The molecular formula is C30H49NaO7STi. The Morgan fingerprint density at radius 1 is 0.875 bits per heavy atom. The van der Waals surface area contributed by atoms with E-state index in [1.54, 1.807) is 7.76 Å². The Balaban J connectivity index is 0.00000104. The van der Waals surface area contributed by atoms with E-state index in [9.17, 15) is 22.6 Å². The monoisotopic (exact) mass is 624 g/mol. The van der Waals surface area contributed by atoms with E-state index in [0.717, 1.165) is 51.4 Å². The van der Waals surface area contributed by atoms with Gasteiger partial charge in [0, 0.05) is 0 Å². The van der Waals surface area contributed by atoms with Crippen LogP contribution in [-0.2, 0) is 48.3 Å². The van der Waals surface area contributed by atoms with Gasteiger partial charge in [-0.1, -0.05) is 66.2 Å². The Labute approximate surface area is 273 Å². The van der Waals surface area contributed by atoms with Gasteiger partial charge in [0.15, 0.2) is 5.25 Å². The molecule has 0 saturated carbocycles. The third kappa shape index (κ3) is 17.5. The zero-order valence-electron chi connectivity index (χ0n) is 24.2. The van der Waals surface area contributed by atoms with Crippen LogP contribution in [0, 0.1) is 11.8 Å². The van der Waals surface area contributed by atoms with Crippen LogP contribution in [0.3, 0.4) is 0 Å². The molecule has 222 valence electrons. The number of hydrogen-bond acceptors (Lipinski definition) is 6. The van der Waals surface area contributed by atoms with Gasteiger partial charge in [-0.15, -0.1) is 0 Å². The average Bonchev–Trinajstić information content (AvgIpc) is 3.62. The van der Waals surface area contributed by atoms with Gasteiger partial charge in [0.1, 0.15) is 0 Å². The molecule has 0 spiro atoms. The molecule has 0 heterocycles. The van der Waals surface area contributed by atoms with Crippen molar-refractivity contribution in [2.24, 2.45) is 11.8 Å². The van der Waals surface area contributed by atoms with Crippen molar-refractivity contribution in [3.63, 3.8) is 0 Å². The van der Waals surface area contributed by atoms with E-state index in [0.29, 0.717) is 0 Å². The summed E-state index contributed by atoms with van der Waals surface area (Å²) in [6.45, 7) is 8.35. The summed E-state index contributed by atoms with van der Waals surface area (Å²) in [4.78, 5) is 24.2. The van der Waals surface area contributed by atoms with E-state index in [2.05, 4.69) is 50.3 Å². The van der Waals surface area contributed by atoms with Gasteiger partial charge in [-0.2, -0.15) is 8.42 Å². The van der Waals surface area contributed by atoms with Gasteiger partial charge in [-0.05, 0) is 24.7 Å². The summed E-state index contributed by atoms with van der Waals surface area (Å²) in [5.41, 5.74) is 0. The van der Waals surface area contributed by atoms with Crippen molar-refractivity contribution in [3.05, 3.63) is 44.2 Å². The quantitative estimate of drug-likeness (QED) is 0.109. The second-order valence-corrected chi connectivity index (χ2v) is 14.1. The first-order valence-electron chi connectivity index (χ1n) is 14.4. The van der Waals surface area contributed by atoms with E-state index >= 15 is 0 Å². The molecule has 1 N–H and O–H groups in total. The van der Waals surface area contributed by atoms with Crippen LogP contribution < -0.4 is 0 Å². The Morgan fingerprint density at radius 2 is 1.35 bits per heavy atom. The molecular weight excluding hydrogens is 575 g/mol. The third-order valence-electron chi connectivity index (χ3n) is 6.87. The molecule has 2 rings (SSSR count). The molecule has 0 aromatic carbocycles. The minimum atomic E-state index is -4.76. The van der Waals surface area contributed by atoms with Gasteiger partial charge in [0.2, 0.25) is 0 Å². The molecule has 0 aliphatic heterocycles. The first-order chi connectivity index (χ1) is 18.6. The second-order valence-electron chi connectivity index (χ2n) is 10.1. The van der Waals surface area contributed by atoms with Gasteiger partial charge in [-0.25, -0.2) is 0 Å². The summed E-state index contributed by atoms with van der Waals surface area (Å²) in [5, 5.41) is -1.95. The standard InChI is InChI=1S/C20H38O7S.2C5H5.Na.Ti.H/c1-5-9-11-16(7-3)14-26-19(21)13-18(28(23,24)25)20(22)27-15-17(8-4)12-10-6-2;2*1-2-4-5-3-1;;;/h16-18H,5-15H2,1-4H3,(H,23,24,25);2*1-3H,4H2;;;. The average molecular weight is 625 g/mol. The number of carbonyl (C=O) groups is 2. The number of rotatable bonds is 18. The number of unbranched alkanes of at least 4 members (excludes halogenated alkanes) is 2. The number of carbonyl (C=O) groups excluding carboxylic acids is 2. The van der Waals surface area contributed by atoms with Gasteiger partial charge in [-0.3, -0.25) is 14.1 Å². The molecule has 2 aliphatic rings. The van der Waals surface area contributed by atoms with E-state index < -0.39 is 33.7 Å². The van der Waals surface area contributed by atoms with E-state index in [1.165, 1.54) is 12.8 Å². The van der Waals surface area contributed by atoms with Crippen LogP contribution in [0.25, 0.3) is 0 Å². The predicted molar refractivity (Wildman–Crippen MR) is 159 cm³/mol. The summed E-state index contributed by atoms with van der Waals surface area (Å²) < 4.78 is 46.1. The van der Waals surface area contributed by atoms with Crippen molar-refractivity contribution < 1.29 is 51.2 Å². The Kier molecular flexibility index (Phi) is 22.8. The first kappa shape index (κ1) is 39.5. The van der Waals surface area contributed by atoms with Crippen LogP contribution in [0.15, 0.2) is 44.2 Å². The molecule has 0 amide bonds. The molecule has 7 nitrogen and oxygen atoms in total.